The Hall–Kier alpha value is -0.170. The number of hydrogen-bond acceptors (Lipinski definition) is 3. The molecule has 6 heteroatoms. The molecule has 0 aromatic rings. The summed E-state index contributed by atoms with van der Waals surface area (Å²) in [6.07, 6.45) is 6.46. The first-order valence-electron chi connectivity index (χ1n) is 7.14. The van der Waals surface area contributed by atoms with Crippen LogP contribution in [0.15, 0.2) is 0 Å². The molecule has 106 valence electrons. The minimum Gasteiger partial charge on any atom is -0.317 e. The molecular weight excluding hydrogens is 250 g/mol. The molecule has 2 heterocycles. The first-order chi connectivity index (χ1) is 8.68. The van der Waals surface area contributed by atoms with Crippen LogP contribution in [0.2, 0.25) is 0 Å². The van der Waals surface area contributed by atoms with E-state index < -0.39 is 10.2 Å². The molecule has 2 N–H and O–H groups in total. The van der Waals surface area contributed by atoms with Crippen LogP contribution in [0.3, 0.4) is 0 Å². The summed E-state index contributed by atoms with van der Waals surface area (Å²) in [5.41, 5.74) is 0. The molecule has 0 aliphatic carbocycles. The van der Waals surface area contributed by atoms with Crippen molar-refractivity contribution < 1.29 is 8.42 Å². The van der Waals surface area contributed by atoms with Crippen LogP contribution in [0.25, 0.3) is 0 Å². The van der Waals surface area contributed by atoms with E-state index in [4.69, 9.17) is 0 Å². The van der Waals surface area contributed by atoms with Gasteiger partial charge in [-0.3, -0.25) is 0 Å². The predicted molar refractivity (Wildman–Crippen MR) is 72.6 cm³/mol. The summed E-state index contributed by atoms with van der Waals surface area (Å²) in [7, 11) is -3.22. The van der Waals surface area contributed by atoms with Crippen LogP contribution in [-0.4, -0.2) is 45.4 Å². The van der Waals surface area contributed by atoms with E-state index >= 15 is 0 Å². The van der Waals surface area contributed by atoms with Gasteiger partial charge in [0.25, 0.3) is 10.2 Å². The summed E-state index contributed by atoms with van der Waals surface area (Å²) in [5, 5.41) is 3.33. The summed E-state index contributed by atoms with van der Waals surface area (Å²) in [4.78, 5) is 0. The molecule has 2 saturated heterocycles. The number of nitrogens with zero attached hydrogens (tertiary/aromatic N) is 1. The third kappa shape index (κ3) is 4.19. The van der Waals surface area contributed by atoms with Crippen molar-refractivity contribution >= 4 is 10.2 Å². The normalized spacial score (nSPS) is 24.2. The lowest BCUT2D eigenvalue weighted by molar-refractivity contribution is 0.333. The van der Waals surface area contributed by atoms with Crippen LogP contribution in [0.4, 0.5) is 0 Å². The number of rotatable bonds is 5. The highest BCUT2D eigenvalue weighted by atomic mass is 32.2. The average molecular weight is 275 g/mol. The van der Waals surface area contributed by atoms with Gasteiger partial charge in [-0.05, 0) is 51.1 Å². The monoisotopic (exact) mass is 275 g/mol. The van der Waals surface area contributed by atoms with Crippen LogP contribution in [0.5, 0.6) is 0 Å². The molecule has 5 nitrogen and oxygen atoms in total. The second-order valence-electron chi connectivity index (χ2n) is 5.34. The molecule has 0 saturated carbocycles. The molecule has 18 heavy (non-hydrogen) atoms. The number of hydrogen-bond donors (Lipinski definition) is 2. The molecule has 2 aliphatic heterocycles. The van der Waals surface area contributed by atoms with E-state index in [-0.39, 0.29) is 0 Å². The van der Waals surface area contributed by atoms with Crippen molar-refractivity contribution in [2.45, 2.75) is 38.5 Å². The molecule has 0 spiro atoms. The third-order valence-electron chi connectivity index (χ3n) is 3.95. The zero-order valence-electron chi connectivity index (χ0n) is 11.0. The fourth-order valence-corrected chi connectivity index (χ4v) is 4.06. The van der Waals surface area contributed by atoms with E-state index in [0.29, 0.717) is 25.6 Å². The van der Waals surface area contributed by atoms with Crippen molar-refractivity contribution in [3.63, 3.8) is 0 Å². The quantitative estimate of drug-likeness (QED) is 0.776. The fourth-order valence-electron chi connectivity index (χ4n) is 2.76. The largest absolute Gasteiger partial charge is 0.317 e. The Morgan fingerprint density at radius 2 is 1.78 bits per heavy atom. The van der Waals surface area contributed by atoms with Gasteiger partial charge in [0.05, 0.1) is 0 Å². The van der Waals surface area contributed by atoms with Crippen LogP contribution in [-0.2, 0) is 10.2 Å². The molecule has 0 amide bonds. The minimum absolute atomic E-state index is 0.587. The second-order valence-corrected chi connectivity index (χ2v) is 7.10. The summed E-state index contributed by atoms with van der Waals surface area (Å²) < 4.78 is 28.4. The van der Waals surface area contributed by atoms with E-state index in [0.717, 1.165) is 38.8 Å². The van der Waals surface area contributed by atoms with E-state index in [2.05, 4.69) is 10.0 Å². The molecule has 2 aliphatic rings. The van der Waals surface area contributed by atoms with Crippen molar-refractivity contribution in [1.82, 2.24) is 14.3 Å². The Balaban J connectivity index is 1.70. The van der Waals surface area contributed by atoms with Gasteiger partial charge in [0.15, 0.2) is 0 Å². The van der Waals surface area contributed by atoms with Crippen LogP contribution in [0, 0.1) is 5.92 Å². The average Bonchev–Trinajstić information content (AvgIpc) is 2.41. The van der Waals surface area contributed by atoms with E-state index in [1.807, 2.05) is 0 Å². The maximum absolute atomic E-state index is 12.0. The zero-order valence-corrected chi connectivity index (χ0v) is 11.8. The molecular formula is C12H25N3O2S. The molecule has 2 fully saturated rings. The standard InChI is InChI=1S/C12H25N3O2S/c16-18(17,15-10-2-1-3-11-15)14-9-6-12-4-7-13-8-5-12/h12-14H,1-11H2. The Kier molecular flexibility index (Phi) is 5.41. The fraction of sp³-hybridized carbons (Fsp3) is 1.00. The molecule has 0 aromatic heterocycles. The van der Waals surface area contributed by atoms with Gasteiger partial charge in [-0.25, -0.2) is 4.72 Å². The van der Waals surface area contributed by atoms with Gasteiger partial charge >= 0.3 is 0 Å². The van der Waals surface area contributed by atoms with Gasteiger partial charge in [0.1, 0.15) is 0 Å². The van der Waals surface area contributed by atoms with E-state index in [1.165, 1.54) is 12.8 Å². The van der Waals surface area contributed by atoms with E-state index in [9.17, 15) is 8.42 Å². The SMILES string of the molecule is O=S(=O)(NCCC1CCNCC1)N1CCCCC1. The van der Waals surface area contributed by atoms with Crippen LogP contribution >= 0.6 is 0 Å². The van der Waals surface area contributed by atoms with Gasteiger partial charge in [-0.15, -0.1) is 0 Å². The smallest absolute Gasteiger partial charge is 0.279 e. The first kappa shape index (κ1) is 14.2. The summed E-state index contributed by atoms with van der Waals surface area (Å²) >= 11 is 0. The van der Waals surface area contributed by atoms with Gasteiger partial charge in [0, 0.05) is 19.6 Å². The zero-order chi connectivity index (χ0) is 12.8. The number of nitrogens with one attached hydrogen (secondary N) is 2. The maximum atomic E-state index is 12.0. The molecule has 2 rings (SSSR count). The van der Waals surface area contributed by atoms with Gasteiger partial charge in [-0.1, -0.05) is 6.42 Å². The van der Waals surface area contributed by atoms with Crippen LogP contribution < -0.4 is 10.0 Å². The first-order valence-corrected chi connectivity index (χ1v) is 8.58. The molecule has 0 bridgehead atoms. The highest BCUT2D eigenvalue weighted by Crippen LogP contribution is 2.16. The highest BCUT2D eigenvalue weighted by Gasteiger charge is 2.23. The van der Waals surface area contributed by atoms with Gasteiger partial charge in [-0.2, -0.15) is 12.7 Å². The van der Waals surface area contributed by atoms with Crippen LogP contribution in [0.1, 0.15) is 38.5 Å². The van der Waals surface area contributed by atoms with Crippen molar-refractivity contribution in [3.8, 4) is 0 Å². The van der Waals surface area contributed by atoms with Crippen molar-refractivity contribution in [2.24, 2.45) is 5.92 Å². The second kappa shape index (κ2) is 6.84. The predicted octanol–water partition coefficient (Wildman–Crippen LogP) is 0.696. The Labute approximate surface area is 110 Å². The summed E-state index contributed by atoms with van der Waals surface area (Å²) in [5.74, 6) is 0.676. The highest BCUT2D eigenvalue weighted by molar-refractivity contribution is 7.87. The van der Waals surface area contributed by atoms with Crippen molar-refractivity contribution in [3.05, 3.63) is 0 Å². The minimum atomic E-state index is -3.22. The van der Waals surface area contributed by atoms with Crippen molar-refractivity contribution in [1.29, 1.82) is 0 Å². The summed E-state index contributed by atoms with van der Waals surface area (Å²) in [6.45, 7) is 4.10. The molecule has 0 atom stereocenters. The third-order valence-corrected chi connectivity index (χ3v) is 5.56. The van der Waals surface area contributed by atoms with Crippen molar-refractivity contribution in [2.75, 3.05) is 32.7 Å². The topological polar surface area (TPSA) is 61.4 Å². The lowest BCUT2D eigenvalue weighted by atomic mass is 9.95. The summed E-state index contributed by atoms with van der Waals surface area (Å²) in [6, 6.07) is 0. The Morgan fingerprint density at radius 3 is 2.44 bits per heavy atom. The molecule has 0 unspecified atom stereocenters. The number of piperidine rings is 2. The Bertz CT molecular complexity index is 333. The van der Waals surface area contributed by atoms with Gasteiger partial charge in [0.2, 0.25) is 0 Å². The Morgan fingerprint density at radius 1 is 1.11 bits per heavy atom. The lowest BCUT2D eigenvalue weighted by Gasteiger charge is -2.27. The molecule has 0 aromatic carbocycles. The lowest BCUT2D eigenvalue weighted by Crippen LogP contribution is -2.44. The van der Waals surface area contributed by atoms with Gasteiger partial charge < -0.3 is 5.32 Å². The molecule has 0 radical (unpaired) electrons. The maximum Gasteiger partial charge on any atom is 0.279 e. The van der Waals surface area contributed by atoms with E-state index in [1.54, 1.807) is 4.31 Å².